The molecule has 0 saturated carbocycles. The summed E-state index contributed by atoms with van der Waals surface area (Å²) >= 11 is 5.89. The minimum atomic E-state index is -0.296. The second-order valence-corrected chi connectivity index (χ2v) is 6.00. The second-order valence-electron chi connectivity index (χ2n) is 5.56. The van der Waals surface area contributed by atoms with Gasteiger partial charge in [0.15, 0.2) is 0 Å². The number of anilines is 1. The Morgan fingerprint density at radius 1 is 1.12 bits per heavy atom. The molecule has 1 atom stereocenters. The maximum absolute atomic E-state index is 12.3. The van der Waals surface area contributed by atoms with Gasteiger partial charge in [0.25, 0.3) is 0 Å². The summed E-state index contributed by atoms with van der Waals surface area (Å²) in [6.07, 6.45) is 0.782. The number of halogens is 1. The molecule has 2 rings (SSSR count). The highest BCUT2D eigenvalue weighted by atomic mass is 35.5. The largest absolute Gasteiger partial charge is 0.491 e. The lowest BCUT2D eigenvalue weighted by molar-refractivity contribution is 0.172. The molecule has 0 aliphatic rings. The topological polar surface area (TPSA) is 59.6 Å². The van der Waals surface area contributed by atoms with Crippen LogP contribution in [0.5, 0.6) is 5.75 Å². The summed E-state index contributed by atoms with van der Waals surface area (Å²) in [5.74, 6) is 0.632. The molecule has 0 aliphatic carbocycles. The second kappa shape index (κ2) is 9.91. The van der Waals surface area contributed by atoms with Crippen LogP contribution < -0.4 is 15.4 Å². The molecule has 5 nitrogen and oxygen atoms in total. The molecule has 0 bridgehead atoms. The van der Waals surface area contributed by atoms with Crippen LogP contribution in [0, 0.1) is 0 Å². The number of ether oxygens (including phenoxy) is 2. The van der Waals surface area contributed by atoms with Gasteiger partial charge in [-0.05, 0) is 36.8 Å². The van der Waals surface area contributed by atoms with Crippen molar-refractivity contribution in [1.82, 2.24) is 5.32 Å². The minimum absolute atomic E-state index is 0.146. The van der Waals surface area contributed by atoms with Gasteiger partial charge in [0.05, 0.1) is 18.3 Å². The minimum Gasteiger partial charge on any atom is -0.491 e. The van der Waals surface area contributed by atoms with Gasteiger partial charge < -0.3 is 20.1 Å². The Balaban J connectivity index is 1.92. The molecule has 6 heteroatoms. The maximum Gasteiger partial charge on any atom is 0.319 e. The first-order chi connectivity index (χ1) is 12.1. The van der Waals surface area contributed by atoms with Gasteiger partial charge in [0, 0.05) is 25.2 Å². The van der Waals surface area contributed by atoms with Crippen LogP contribution in [0.3, 0.4) is 0 Å². The van der Waals surface area contributed by atoms with Crippen LogP contribution in [0.4, 0.5) is 10.5 Å². The molecule has 2 aromatic rings. The Morgan fingerprint density at radius 3 is 2.56 bits per heavy atom. The average Bonchev–Trinajstić information content (AvgIpc) is 2.60. The van der Waals surface area contributed by atoms with Gasteiger partial charge in [-0.25, -0.2) is 4.79 Å². The van der Waals surface area contributed by atoms with Crippen molar-refractivity contribution in [2.75, 3.05) is 25.6 Å². The van der Waals surface area contributed by atoms with E-state index in [1.807, 2.05) is 37.3 Å². The van der Waals surface area contributed by atoms with E-state index in [2.05, 4.69) is 10.6 Å². The van der Waals surface area contributed by atoms with Gasteiger partial charge in [-0.15, -0.1) is 0 Å². The van der Waals surface area contributed by atoms with Gasteiger partial charge >= 0.3 is 6.03 Å². The molecule has 25 heavy (non-hydrogen) atoms. The normalized spacial score (nSPS) is 11.6. The Kier molecular flexibility index (Phi) is 7.57. The van der Waals surface area contributed by atoms with E-state index in [1.54, 1.807) is 25.3 Å². The van der Waals surface area contributed by atoms with Crippen molar-refractivity contribution >= 4 is 23.3 Å². The summed E-state index contributed by atoms with van der Waals surface area (Å²) in [5, 5.41) is 6.40. The highest BCUT2D eigenvalue weighted by Gasteiger charge is 2.11. The molecule has 0 radical (unpaired) electrons. The van der Waals surface area contributed by atoms with Crippen molar-refractivity contribution in [3.05, 3.63) is 59.1 Å². The number of methoxy groups -OCH3 is 1. The van der Waals surface area contributed by atoms with Crippen molar-refractivity contribution in [3.8, 4) is 5.75 Å². The summed E-state index contributed by atoms with van der Waals surface area (Å²) in [6.45, 7) is 3.07. The van der Waals surface area contributed by atoms with E-state index < -0.39 is 0 Å². The van der Waals surface area contributed by atoms with E-state index in [4.69, 9.17) is 21.1 Å². The molecule has 0 spiro atoms. The highest BCUT2D eigenvalue weighted by molar-refractivity contribution is 6.30. The standard InChI is InChI=1S/C19H23ClN2O3/c1-14(15-8-10-16(20)11-9-15)21-19(23)22-17-6-3-4-7-18(17)25-13-5-12-24-2/h3-4,6-11,14H,5,12-13H2,1-2H3,(H2,21,22,23). The predicted octanol–water partition coefficient (Wildman–Crippen LogP) is 4.64. The van der Waals surface area contributed by atoms with Crippen molar-refractivity contribution in [3.63, 3.8) is 0 Å². The van der Waals surface area contributed by atoms with Gasteiger partial charge in [-0.1, -0.05) is 35.9 Å². The van der Waals surface area contributed by atoms with E-state index in [1.165, 1.54) is 0 Å². The fourth-order valence-electron chi connectivity index (χ4n) is 2.27. The third kappa shape index (κ3) is 6.29. The molecule has 0 aliphatic heterocycles. The Bertz CT molecular complexity index is 677. The molecular weight excluding hydrogens is 340 g/mol. The molecule has 0 fully saturated rings. The number of hydrogen-bond acceptors (Lipinski definition) is 3. The quantitative estimate of drug-likeness (QED) is 0.672. The maximum atomic E-state index is 12.3. The van der Waals surface area contributed by atoms with Crippen LogP contribution in [-0.2, 0) is 4.74 Å². The van der Waals surface area contributed by atoms with E-state index >= 15 is 0 Å². The zero-order valence-corrected chi connectivity index (χ0v) is 15.2. The third-order valence-corrected chi connectivity index (χ3v) is 3.86. The van der Waals surface area contributed by atoms with Crippen molar-refractivity contribution in [1.29, 1.82) is 0 Å². The zero-order chi connectivity index (χ0) is 18.1. The van der Waals surface area contributed by atoms with Crippen molar-refractivity contribution in [2.45, 2.75) is 19.4 Å². The SMILES string of the molecule is COCCCOc1ccccc1NC(=O)NC(C)c1ccc(Cl)cc1. The summed E-state index contributed by atoms with van der Waals surface area (Å²) in [7, 11) is 1.65. The number of para-hydroxylation sites is 2. The van der Waals surface area contributed by atoms with Crippen LogP contribution in [0.15, 0.2) is 48.5 Å². The molecular formula is C19H23ClN2O3. The van der Waals surface area contributed by atoms with Crippen LogP contribution in [0.1, 0.15) is 24.9 Å². The number of hydrogen-bond donors (Lipinski definition) is 2. The Labute approximate surface area is 153 Å². The first kappa shape index (κ1) is 19.1. The predicted molar refractivity (Wildman–Crippen MR) is 100 cm³/mol. The Hall–Kier alpha value is -2.24. The summed E-state index contributed by atoms with van der Waals surface area (Å²) in [4.78, 5) is 12.3. The smallest absolute Gasteiger partial charge is 0.319 e. The number of amides is 2. The zero-order valence-electron chi connectivity index (χ0n) is 14.4. The molecule has 0 aromatic heterocycles. The van der Waals surface area contributed by atoms with Gasteiger partial charge in [0.1, 0.15) is 5.75 Å². The first-order valence-corrected chi connectivity index (χ1v) is 8.51. The van der Waals surface area contributed by atoms with Crippen LogP contribution in [0.25, 0.3) is 0 Å². The molecule has 0 heterocycles. The van der Waals surface area contributed by atoms with Crippen LogP contribution in [0.2, 0.25) is 5.02 Å². The number of benzene rings is 2. The molecule has 1 unspecified atom stereocenters. The summed E-state index contributed by atoms with van der Waals surface area (Å²) < 4.78 is 10.7. The van der Waals surface area contributed by atoms with Crippen LogP contribution in [-0.4, -0.2) is 26.4 Å². The Morgan fingerprint density at radius 2 is 1.84 bits per heavy atom. The lowest BCUT2D eigenvalue weighted by Crippen LogP contribution is -2.31. The lowest BCUT2D eigenvalue weighted by atomic mass is 10.1. The van der Waals surface area contributed by atoms with E-state index in [9.17, 15) is 4.79 Å². The molecule has 2 aromatic carbocycles. The van der Waals surface area contributed by atoms with Crippen molar-refractivity contribution in [2.24, 2.45) is 0 Å². The molecule has 2 N–H and O–H groups in total. The van der Waals surface area contributed by atoms with Crippen LogP contribution >= 0.6 is 11.6 Å². The fraction of sp³-hybridized carbons (Fsp3) is 0.316. The number of urea groups is 1. The monoisotopic (exact) mass is 362 g/mol. The first-order valence-electron chi connectivity index (χ1n) is 8.14. The summed E-state index contributed by atoms with van der Waals surface area (Å²) in [5.41, 5.74) is 1.60. The van der Waals surface area contributed by atoms with E-state index in [-0.39, 0.29) is 12.1 Å². The number of carbonyl (C=O) groups is 1. The van der Waals surface area contributed by atoms with Gasteiger partial charge in [-0.3, -0.25) is 0 Å². The fourth-order valence-corrected chi connectivity index (χ4v) is 2.40. The van der Waals surface area contributed by atoms with Gasteiger partial charge in [0.2, 0.25) is 0 Å². The lowest BCUT2D eigenvalue weighted by Gasteiger charge is -2.17. The number of nitrogens with one attached hydrogen (secondary N) is 2. The van der Waals surface area contributed by atoms with E-state index in [0.717, 1.165) is 12.0 Å². The van der Waals surface area contributed by atoms with E-state index in [0.29, 0.717) is 29.7 Å². The third-order valence-electron chi connectivity index (χ3n) is 3.60. The molecule has 2 amide bonds. The number of rotatable bonds is 8. The van der Waals surface area contributed by atoms with Crippen molar-refractivity contribution < 1.29 is 14.3 Å². The molecule has 134 valence electrons. The average molecular weight is 363 g/mol. The molecule has 0 saturated heterocycles. The van der Waals surface area contributed by atoms with Gasteiger partial charge in [-0.2, -0.15) is 0 Å². The number of carbonyl (C=O) groups excluding carboxylic acids is 1. The highest BCUT2D eigenvalue weighted by Crippen LogP contribution is 2.24. The summed E-state index contributed by atoms with van der Waals surface area (Å²) in [6, 6.07) is 14.3.